The van der Waals surface area contributed by atoms with Crippen LogP contribution in [0.2, 0.25) is 0 Å². The quantitative estimate of drug-likeness (QED) is 0.833. The molecule has 0 spiro atoms. The molecule has 0 aliphatic carbocycles. The standard InChI is InChI=1S/C12H10BrF3N2O/c1-18-10(7-5-3-4-6-8(7)19-2)9(13)11(17-18)12(14,15)16/h3-6H,1-2H3. The van der Waals surface area contributed by atoms with Gasteiger partial charge in [-0.05, 0) is 28.1 Å². The number of ether oxygens (including phenoxy) is 1. The highest BCUT2D eigenvalue weighted by Gasteiger charge is 2.38. The van der Waals surface area contributed by atoms with Gasteiger partial charge in [0.2, 0.25) is 0 Å². The van der Waals surface area contributed by atoms with E-state index in [4.69, 9.17) is 4.74 Å². The third-order valence-corrected chi connectivity index (χ3v) is 3.37. The van der Waals surface area contributed by atoms with Crippen molar-refractivity contribution in [2.24, 2.45) is 7.05 Å². The Bertz CT molecular complexity index is 608. The summed E-state index contributed by atoms with van der Waals surface area (Å²) in [7, 11) is 2.93. The minimum atomic E-state index is -4.50. The van der Waals surface area contributed by atoms with Gasteiger partial charge in [0.15, 0.2) is 5.69 Å². The normalized spacial score (nSPS) is 11.7. The molecule has 3 nitrogen and oxygen atoms in total. The Labute approximate surface area is 116 Å². The van der Waals surface area contributed by atoms with E-state index in [9.17, 15) is 13.2 Å². The van der Waals surface area contributed by atoms with Crippen molar-refractivity contribution in [2.45, 2.75) is 6.18 Å². The van der Waals surface area contributed by atoms with Crippen LogP contribution in [0.1, 0.15) is 5.69 Å². The summed E-state index contributed by atoms with van der Waals surface area (Å²) in [6.07, 6.45) is -4.50. The van der Waals surface area contributed by atoms with Crippen LogP contribution in [-0.2, 0) is 13.2 Å². The van der Waals surface area contributed by atoms with Crippen molar-refractivity contribution in [1.82, 2.24) is 9.78 Å². The maximum atomic E-state index is 12.8. The number of hydrogen-bond donors (Lipinski definition) is 0. The summed E-state index contributed by atoms with van der Waals surface area (Å²) in [4.78, 5) is 0. The average molecular weight is 335 g/mol. The first-order valence-corrected chi connectivity index (χ1v) is 6.08. The first-order chi connectivity index (χ1) is 8.86. The summed E-state index contributed by atoms with van der Waals surface area (Å²) in [6.45, 7) is 0. The summed E-state index contributed by atoms with van der Waals surface area (Å²) in [6, 6.07) is 6.84. The Hall–Kier alpha value is -1.50. The lowest BCUT2D eigenvalue weighted by atomic mass is 10.1. The molecule has 0 saturated carbocycles. The minimum Gasteiger partial charge on any atom is -0.496 e. The Morgan fingerprint density at radius 1 is 1.26 bits per heavy atom. The molecule has 0 N–H and O–H groups in total. The molecule has 2 rings (SSSR count). The zero-order valence-electron chi connectivity index (χ0n) is 10.1. The van der Waals surface area contributed by atoms with Crippen LogP contribution >= 0.6 is 15.9 Å². The van der Waals surface area contributed by atoms with Crippen LogP contribution < -0.4 is 4.74 Å². The van der Waals surface area contributed by atoms with Gasteiger partial charge in [-0.15, -0.1) is 0 Å². The molecule has 0 saturated heterocycles. The second-order valence-electron chi connectivity index (χ2n) is 3.83. The predicted octanol–water partition coefficient (Wildman–Crippen LogP) is 3.88. The molecular formula is C12H10BrF3N2O. The SMILES string of the molecule is COc1ccccc1-c1c(Br)c(C(F)(F)F)nn1C. The van der Waals surface area contributed by atoms with Crippen LogP contribution in [0.4, 0.5) is 13.2 Å². The summed E-state index contributed by atoms with van der Waals surface area (Å²) >= 11 is 2.98. The number of methoxy groups -OCH3 is 1. The molecule has 1 aromatic heterocycles. The van der Waals surface area contributed by atoms with Gasteiger partial charge < -0.3 is 4.74 Å². The van der Waals surface area contributed by atoms with Crippen molar-refractivity contribution in [2.75, 3.05) is 7.11 Å². The number of para-hydroxylation sites is 1. The fraction of sp³-hybridized carbons (Fsp3) is 0.250. The molecule has 1 heterocycles. The first-order valence-electron chi connectivity index (χ1n) is 5.29. The average Bonchev–Trinajstić information content (AvgIpc) is 2.64. The third-order valence-electron chi connectivity index (χ3n) is 2.62. The fourth-order valence-electron chi connectivity index (χ4n) is 1.81. The predicted molar refractivity (Wildman–Crippen MR) is 67.9 cm³/mol. The van der Waals surface area contributed by atoms with Crippen LogP contribution in [0.5, 0.6) is 5.75 Å². The zero-order chi connectivity index (χ0) is 14.2. The lowest BCUT2D eigenvalue weighted by molar-refractivity contribution is -0.142. The van der Waals surface area contributed by atoms with Crippen LogP contribution in [0, 0.1) is 0 Å². The molecule has 2 aromatic rings. The topological polar surface area (TPSA) is 27.1 Å². The molecule has 102 valence electrons. The van der Waals surface area contributed by atoms with E-state index >= 15 is 0 Å². The van der Waals surface area contributed by atoms with E-state index in [1.54, 1.807) is 24.3 Å². The smallest absolute Gasteiger partial charge is 0.436 e. The lowest BCUT2D eigenvalue weighted by Gasteiger charge is -2.09. The van der Waals surface area contributed by atoms with Gasteiger partial charge in [0.1, 0.15) is 5.75 Å². The van der Waals surface area contributed by atoms with Crippen molar-refractivity contribution < 1.29 is 17.9 Å². The van der Waals surface area contributed by atoms with Crippen molar-refractivity contribution in [3.63, 3.8) is 0 Å². The third kappa shape index (κ3) is 2.47. The number of alkyl halides is 3. The van der Waals surface area contributed by atoms with E-state index in [0.717, 1.165) is 0 Å². The highest BCUT2D eigenvalue weighted by atomic mass is 79.9. The molecule has 0 unspecified atom stereocenters. The van der Waals surface area contributed by atoms with Gasteiger partial charge in [-0.3, -0.25) is 4.68 Å². The van der Waals surface area contributed by atoms with Gasteiger partial charge in [0, 0.05) is 12.6 Å². The maximum absolute atomic E-state index is 12.8. The van der Waals surface area contributed by atoms with E-state index in [0.29, 0.717) is 17.0 Å². The molecular weight excluding hydrogens is 325 g/mol. The minimum absolute atomic E-state index is 0.0907. The zero-order valence-corrected chi connectivity index (χ0v) is 11.7. The number of benzene rings is 1. The number of aryl methyl sites for hydroxylation is 1. The van der Waals surface area contributed by atoms with Gasteiger partial charge >= 0.3 is 6.18 Å². The van der Waals surface area contributed by atoms with E-state index in [2.05, 4.69) is 21.0 Å². The highest BCUT2D eigenvalue weighted by Crippen LogP contribution is 2.41. The molecule has 0 amide bonds. The van der Waals surface area contributed by atoms with Gasteiger partial charge in [-0.1, -0.05) is 12.1 Å². The Morgan fingerprint density at radius 2 is 1.89 bits per heavy atom. The largest absolute Gasteiger partial charge is 0.496 e. The van der Waals surface area contributed by atoms with Crippen molar-refractivity contribution in [3.8, 4) is 17.0 Å². The molecule has 0 atom stereocenters. The van der Waals surface area contributed by atoms with Gasteiger partial charge in [-0.2, -0.15) is 18.3 Å². The molecule has 0 radical (unpaired) electrons. The second kappa shape index (κ2) is 4.88. The van der Waals surface area contributed by atoms with Crippen molar-refractivity contribution in [1.29, 1.82) is 0 Å². The van der Waals surface area contributed by atoms with Crippen LogP contribution in [0.25, 0.3) is 11.3 Å². The van der Waals surface area contributed by atoms with Gasteiger partial charge in [-0.25, -0.2) is 0 Å². The van der Waals surface area contributed by atoms with E-state index in [1.807, 2.05) is 0 Å². The second-order valence-corrected chi connectivity index (χ2v) is 4.63. The molecule has 7 heteroatoms. The molecule has 0 aliphatic rings. The van der Waals surface area contributed by atoms with E-state index in [-0.39, 0.29) is 4.47 Å². The molecule has 19 heavy (non-hydrogen) atoms. The fourth-order valence-corrected chi connectivity index (χ4v) is 2.59. The summed E-state index contributed by atoms with van der Waals surface area (Å²) in [5.41, 5.74) is -0.0805. The lowest BCUT2D eigenvalue weighted by Crippen LogP contribution is -2.07. The Balaban J connectivity index is 2.67. The Kier molecular flexibility index (Phi) is 3.58. The van der Waals surface area contributed by atoms with E-state index < -0.39 is 11.9 Å². The number of halogens is 4. The monoisotopic (exact) mass is 334 g/mol. The summed E-state index contributed by atoms with van der Waals surface area (Å²) in [5, 5.41) is 3.52. The number of rotatable bonds is 2. The van der Waals surface area contributed by atoms with Gasteiger partial charge in [0.25, 0.3) is 0 Å². The number of hydrogen-bond acceptors (Lipinski definition) is 2. The molecule has 0 fully saturated rings. The maximum Gasteiger partial charge on any atom is 0.436 e. The van der Waals surface area contributed by atoms with Crippen molar-refractivity contribution >= 4 is 15.9 Å². The van der Waals surface area contributed by atoms with Crippen LogP contribution in [0.15, 0.2) is 28.7 Å². The Morgan fingerprint density at radius 3 is 2.42 bits per heavy atom. The van der Waals surface area contributed by atoms with Crippen molar-refractivity contribution in [3.05, 3.63) is 34.4 Å². The van der Waals surface area contributed by atoms with Crippen LogP contribution in [-0.4, -0.2) is 16.9 Å². The highest BCUT2D eigenvalue weighted by molar-refractivity contribution is 9.10. The summed E-state index contributed by atoms with van der Waals surface area (Å²) in [5.74, 6) is 0.486. The first kappa shape index (κ1) is 13.9. The van der Waals surface area contributed by atoms with Gasteiger partial charge in [0.05, 0.1) is 17.3 Å². The number of aromatic nitrogens is 2. The summed E-state index contributed by atoms with van der Waals surface area (Å²) < 4.78 is 44.7. The molecule has 0 bridgehead atoms. The van der Waals surface area contributed by atoms with Crippen LogP contribution in [0.3, 0.4) is 0 Å². The molecule has 1 aromatic carbocycles. The number of nitrogens with zero attached hydrogens (tertiary/aromatic N) is 2. The van der Waals surface area contributed by atoms with E-state index in [1.165, 1.54) is 18.8 Å². The molecule has 0 aliphatic heterocycles.